The largest absolute Gasteiger partial charge is 0.476 e. The van der Waals surface area contributed by atoms with Crippen LogP contribution in [0.5, 0.6) is 0 Å². The molecule has 0 unspecified atom stereocenters. The summed E-state index contributed by atoms with van der Waals surface area (Å²) in [7, 11) is 0. The Morgan fingerprint density at radius 3 is 2.44 bits per heavy atom. The van der Waals surface area contributed by atoms with E-state index in [2.05, 4.69) is 10.2 Å². The summed E-state index contributed by atoms with van der Waals surface area (Å²) < 4.78 is 0. The highest BCUT2D eigenvalue weighted by molar-refractivity contribution is 6.05. The average Bonchev–Trinajstić information content (AvgIpc) is 2.70. The van der Waals surface area contributed by atoms with Crippen molar-refractivity contribution in [2.45, 2.75) is 0 Å². The van der Waals surface area contributed by atoms with Gasteiger partial charge in [0, 0.05) is 6.07 Å². The second kappa shape index (κ2) is 3.76. The van der Waals surface area contributed by atoms with Gasteiger partial charge >= 0.3 is 5.97 Å². The Morgan fingerprint density at radius 1 is 1.28 bits per heavy atom. The molecule has 10 heteroatoms. The molecular formula is C8H4N4O6. The number of nitrogens with one attached hydrogen (secondary N) is 1. The molecule has 18 heavy (non-hydrogen) atoms. The molecule has 0 radical (unpaired) electrons. The summed E-state index contributed by atoms with van der Waals surface area (Å²) in [5.74, 6) is -1.46. The average molecular weight is 252 g/mol. The van der Waals surface area contributed by atoms with E-state index in [9.17, 15) is 25.0 Å². The van der Waals surface area contributed by atoms with Gasteiger partial charge in [-0.15, -0.1) is 0 Å². The molecule has 0 saturated carbocycles. The number of aromatic nitrogens is 2. The van der Waals surface area contributed by atoms with Gasteiger partial charge in [-0.25, -0.2) is 4.79 Å². The minimum absolute atomic E-state index is 0.0756. The van der Waals surface area contributed by atoms with E-state index in [0.717, 1.165) is 6.07 Å². The first-order valence-electron chi connectivity index (χ1n) is 4.46. The van der Waals surface area contributed by atoms with E-state index in [-0.39, 0.29) is 10.9 Å². The van der Waals surface area contributed by atoms with Crippen LogP contribution in [0.2, 0.25) is 0 Å². The normalized spacial score (nSPS) is 10.4. The van der Waals surface area contributed by atoms with Gasteiger partial charge in [0.2, 0.25) is 0 Å². The molecule has 0 bridgehead atoms. The van der Waals surface area contributed by atoms with E-state index in [1.165, 1.54) is 0 Å². The van der Waals surface area contributed by atoms with Gasteiger partial charge in [-0.3, -0.25) is 25.3 Å². The van der Waals surface area contributed by atoms with E-state index in [4.69, 9.17) is 5.11 Å². The molecule has 10 nitrogen and oxygen atoms in total. The Hall–Kier alpha value is -3.04. The number of hydrogen-bond donors (Lipinski definition) is 2. The molecule has 2 N–H and O–H groups in total. The van der Waals surface area contributed by atoms with E-state index in [1.807, 2.05) is 0 Å². The number of benzene rings is 1. The molecule has 0 amide bonds. The number of H-pyrrole nitrogens is 1. The summed E-state index contributed by atoms with van der Waals surface area (Å²) in [4.78, 5) is 30.5. The van der Waals surface area contributed by atoms with E-state index >= 15 is 0 Å². The van der Waals surface area contributed by atoms with Crippen molar-refractivity contribution in [2.24, 2.45) is 0 Å². The zero-order valence-corrected chi connectivity index (χ0v) is 8.48. The fourth-order valence-electron chi connectivity index (χ4n) is 1.53. The van der Waals surface area contributed by atoms with Crippen LogP contribution in [0.3, 0.4) is 0 Å². The molecule has 1 heterocycles. The lowest BCUT2D eigenvalue weighted by Gasteiger charge is -1.96. The van der Waals surface area contributed by atoms with Gasteiger partial charge in [0.05, 0.1) is 21.4 Å². The molecule has 1 aromatic heterocycles. The van der Waals surface area contributed by atoms with Gasteiger partial charge in [-0.05, 0) is 0 Å². The third-order valence-corrected chi connectivity index (χ3v) is 2.24. The predicted molar refractivity (Wildman–Crippen MR) is 56.4 cm³/mol. The minimum atomic E-state index is -1.46. The maximum atomic E-state index is 10.8. The number of fused-ring (bicyclic) bond motifs is 1. The molecule has 0 aliphatic rings. The van der Waals surface area contributed by atoms with Crippen molar-refractivity contribution in [3.63, 3.8) is 0 Å². The first kappa shape index (κ1) is 11.4. The number of hydrogen-bond acceptors (Lipinski definition) is 6. The number of rotatable bonds is 3. The highest BCUT2D eigenvalue weighted by atomic mass is 16.6. The lowest BCUT2D eigenvalue weighted by atomic mass is 10.1. The predicted octanol–water partition coefficient (Wildman–Crippen LogP) is 1.08. The van der Waals surface area contributed by atoms with Crippen LogP contribution in [0.1, 0.15) is 10.5 Å². The molecule has 2 rings (SSSR count). The molecule has 0 spiro atoms. The molecule has 0 saturated heterocycles. The van der Waals surface area contributed by atoms with Crippen molar-refractivity contribution in [1.29, 1.82) is 0 Å². The topological polar surface area (TPSA) is 152 Å². The molecule has 92 valence electrons. The number of carboxylic acid groups (broad SMARTS) is 1. The lowest BCUT2D eigenvalue weighted by molar-refractivity contribution is -0.393. The number of nitro groups is 2. The van der Waals surface area contributed by atoms with Crippen molar-refractivity contribution in [3.05, 3.63) is 38.1 Å². The van der Waals surface area contributed by atoms with Gasteiger partial charge < -0.3 is 5.11 Å². The summed E-state index contributed by atoms with van der Waals surface area (Å²) in [6.07, 6.45) is 0. The SMILES string of the molecule is O=C(O)c1n[nH]c2cc([N+](=O)[O-])cc([N+](=O)[O-])c12. The van der Waals surface area contributed by atoms with E-state index in [1.54, 1.807) is 0 Å². The second-order valence-electron chi connectivity index (χ2n) is 3.28. The first-order chi connectivity index (χ1) is 8.41. The minimum Gasteiger partial charge on any atom is -0.476 e. The monoisotopic (exact) mass is 252 g/mol. The number of aromatic carboxylic acids is 1. The van der Waals surface area contributed by atoms with Crippen molar-refractivity contribution >= 4 is 28.2 Å². The maximum absolute atomic E-state index is 10.8. The number of nitro benzene ring substituents is 2. The highest BCUT2D eigenvalue weighted by Crippen LogP contribution is 2.31. The van der Waals surface area contributed by atoms with Crippen LogP contribution in [-0.4, -0.2) is 31.1 Å². The summed E-state index contributed by atoms with van der Waals surface area (Å²) >= 11 is 0. The molecule has 2 aromatic rings. The van der Waals surface area contributed by atoms with Crippen LogP contribution in [0.25, 0.3) is 10.9 Å². The van der Waals surface area contributed by atoms with Crippen LogP contribution < -0.4 is 0 Å². The van der Waals surface area contributed by atoms with Crippen LogP contribution in [0, 0.1) is 20.2 Å². The van der Waals surface area contributed by atoms with Crippen LogP contribution >= 0.6 is 0 Å². The van der Waals surface area contributed by atoms with Gasteiger partial charge in [-0.1, -0.05) is 0 Å². The van der Waals surface area contributed by atoms with Crippen molar-refractivity contribution in [3.8, 4) is 0 Å². The highest BCUT2D eigenvalue weighted by Gasteiger charge is 2.26. The third kappa shape index (κ3) is 1.61. The van der Waals surface area contributed by atoms with Crippen molar-refractivity contribution in [1.82, 2.24) is 10.2 Å². The molecular weight excluding hydrogens is 248 g/mol. The van der Waals surface area contributed by atoms with Gasteiger partial charge in [0.15, 0.2) is 5.69 Å². The van der Waals surface area contributed by atoms with E-state index in [0.29, 0.717) is 6.07 Å². The van der Waals surface area contributed by atoms with Crippen molar-refractivity contribution < 1.29 is 19.7 Å². The Morgan fingerprint density at radius 2 is 1.94 bits per heavy atom. The fourth-order valence-corrected chi connectivity index (χ4v) is 1.53. The maximum Gasteiger partial charge on any atom is 0.357 e. The standard InChI is InChI=1S/C8H4N4O6/c13-8(14)7-6-4(9-10-7)1-3(11(15)16)2-5(6)12(17)18/h1-2H,(H,9,10)(H,13,14). The zero-order valence-electron chi connectivity index (χ0n) is 8.48. The van der Waals surface area contributed by atoms with Crippen LogP contribution in [0.15, 0.2) is 12.1 Å². The number of aromatic amines is 1. The van der Waals surface area contributed by atoms with Gasteiger partial charge in [-0.2, -0.15) is 5.10 Å². The molecule has 1 aromatic carbocycles. The summed E-state index contributed by atoms with van der Waals surface area (Å²) in [5.41, 5.74) is -1.82. The summed E-state index contributed by atoms with van der Waals surface area (Å²) in [5, 5.41) is 35.6. The Labute approximate surface area is 97.1 Å². The van der Waals surface area contributed by atoms with Crippen molar-refractivity contribution in [2.75, 3.05) is 0 Å². The Kier molecular flexibility index (Phi) is 2.39. The Balaban J connectivity index is 2.88. The van der Waals surface area contributed by atoms with Crippen LogP contribution in [0.4, 0.5) is 11.4 Å². The van der Waals surface area contributed by atoms with E-state index < -0.39 is 32.9 Å². The second-order valence-corrected chi connectivity index (χ2v) is 3.28. The van der Waals surface area contributed by atoms with Gasteiger partial charge in [0.1, 0.15) is 5.39 Å². The molecule has 0 atom stereocenters. The zero-order chi connectivity index (χ0) is 13.4. The quantitative estimate of drug-likeness (QED) is 0.611. The summed E-state index contributed by atoms with van der Waals surface area (Å²) in [6.45, 7) is 0. The number of nitrogens with zero attached hydrogens (tertiary/aromatic N) is 3. The number of carbonyl (C=O) groups is 1. The number of carboxylic acids is 1. The number of non-ortho nitro benzene ring substituents is 2. The van der Waals surface area contributed by atoms with Crippen LogP contribution in [-0.2, 0) is 0 Å². The molecule has 0 aliphatic carbocycles. The van der Waals surface area contributed by atoms with Gasteiger partial charge in [0.25, 0.3) is 11.4 Å². The molecule has 0 fully saturated rings. The fraction of sp³-hybridized carbons (Fsp3) is 0. The smallest absolute Gasteiger partial charge is 0.357 e. The Bertz CT molecular complexity index is 690. The third-order valence-electron chi connectivity index (χ3n) is 2.24. The summed E-state index contributed by atoms with van der Waals surface area (Å²) in [6, 6.07) is 1.69. The lowest BCUT2D eigenvalue weighted by Crippen LogP contribution is -1.99. The molecule has 0 aliphatic heterocycles. The first-order valence-corrected chi connectivity index (χ1v) is 4.46.